The molecule has 0 bridgehead atoms. The fraction of sp³-hybridized carbons (Fsp3) is 0.400. The van der Waals surface area contributed by atoms with Crippen LogP contribution in [0.3, 0.4) is 0 Å². The largest absolute Gasteiger partial charge is 0.351 e. The van der Waals surface area contributed by atoms with E-state index in [4.69, 9.17) is 0 Å². The van der Waals surface area contributed by atoms with Crippen LogP contribution in [0.5, 0.6) is 0 Å². The second-order valence-electron chi connectivity index (χ2n) is 7.24. The van der Waals surface area contributed by atoms with Crippen molar-refractivity contribution >= 4 is 11.7 Å². The van der Waals surface area contributed by atoms with E-state index >= 15 is 0 Å². The molecule has 1 N–H and O–H groups in total. The summed E-state index contributed by atoms with van der Waals surface area (Å²) in [6.07, 6.45) is 5.19. The van der Waals surface area contributed by atoms with Crippen molar-refractivity contribution in [3.63, 3.8) is 0 Å². The third-order valence-electron chi connectivity index (χ3n) is 5.99. The second kappa shape index (κ2) is 5.07. The summed E-state index contributed by atoms with van der Waals surface area (Å²) < 4.78 is 1.85. The Kier molecular flexibility index (Phi) is 2.96. The second-order valence-corrected chi connectivity index (χ2v) is 7.24. The molecule has 0 saturated heterocycles. The van der Waals surface area contributed by atoms with Crippen LogP contribution in [0.25, 0.3) is 0 Å². The molecule has 4 unspecified atom stereocenters. The number of nitrogens with zero attached hydrogens (tertiary/aromatic N) is 1. The molecule has 1 aromatic heterocycles. The zero-order chi connectivity index (χ0) is 16.3. The zero-order valence-electron chi connectivity index (χ0n) is 13.4. The standard InChI is InChI=1S/C20H20N2O2/c23-17-10-9-16(22-11-3-6-15(17)22)20(24)21-19-14-8-7-12-4-1-2-5-13(12)18(14)19/h1-6,11,14,16,18-19H,7-10H2,(H,21,24). The molecule has 3 aliphatic rings. The Bertz CT molecular complexity index is 838. The molecule has 0 spiro atoms. The molecule has 122 valence electrons. The lowest BCUT2D eigenvalue weighted by atomic mass is 9.92. The van der Waals surface area contributed by atoms with Gasteiger partial charge in [0.1, 0.15) is 6.04 Å². The predicted octanol–water partition coefficient (Wildman–Crippen LogP) is 2.85. The lowest BCUT2D eigenvalue weighted by Gasteiger charge is -2.24. The highest BCUT2D eigenvalue weighted by Crippen LogP contribution is 2.54. The minimum absolute atomic E-state index is 0.0665. The first-order valence-electron chi connectivity index (χ1n) is 8.82. The maximum Gasteiger partial charge on any atom is 0.243 e. The van der Waals surface area contributed by atoms with Crippen molar-refractivity contribution in [2.75, 3.05) is 0 Å². The molecule has 4 atom stereocenters. The van der Waals surface area contributed by atoms with Crippen molar-refractivity contribution in [3.05, 3.63) is 59.4 Å². The average molecular weight is 320 g/mol. The van der Waals surface area contributed by atoms with E-state index in [1.807, 2.05) is 22.9 Å². The van der Waals surface area contributed by atoms with E-state index in [1.54, 1.807) is 0 Å². The maximum atomic E-state index is 12.8. The van der Waals surface area contributed by atoms with E-state index in [1.165, 1.54) is 11.1 Å². The number of nitrogens with one attached hydrogen (secondary N) is 1. The predicted molar refractivity (Wildman–Crippen MR) is 90.0 cm³/mol. The van der Waals surface area contributed by atoms with Crippen LogP contribution in [0.15, 0.2) is 42.6 Å². The molecule has 1 saturated carbocycles. The first-order valence-corrected chi connectivity index (χ1v) is 8.82. The van der Waals surface area contributed by atoms with Crippen LogP contribution in [0.4, 0.5) is 0 Å². The number of hydrogen-bond donors (Lipinski definition) is 1. The van der Waals surface area contributed by atoms with Crippen LogP contribution in [-0.2, 0) is 11.2 Å². The van der Waals surface area contributed by atoms with Gasteiger partial charge in [0.25, 0.3) is 0 Å². The highest BCUT2D eigenvalue weighted by atomic mass is 16.2. The first-order chi connectivity index (χ1) is 11.7. The van der Waals surface area contributed by atoms with Crippen molar-refractivity contribution in [2.24, 2.45) is 5.92 Å². The summed E-state index contributed by atoms with van der Waals surface area (Å²) in [5.41, 5.74) is 3.52. The normalized spacial score (nSPS) is 30.1. The number of ketones is 1. The first kappa shape index (κ1) is 14.0. The zero-order valence-corrected chi connectivity index (χ0v) is 13.4. The molecule has 2 aromatic rings. The summed E-state index contributed by atoms with van der Waals surface area (Å²) in [4.78, 5) is 24.8. The molecule has 4 heteroatoms. The number of fused-ring (bicyclic) bond motifs is 4. The monoisotopic (exact) mass is 320 g/mol. The highest BCUT2D eigenvalue weighted by Gasteiger charge is 2.54. The van der Waals surface area contributed by atoms with Gasteiger partial charge in [0.2, 0.25) is 5.91 Å². The van der Waals surface area contributed by atoms with E-state index in [2.05, 4.69) is 29.6 Å². The van der Waals surface area contributed by atoms with Gasteiger partial charge < -0.3 is 9.88 Å². The van der Waals surface area contributed by atoms with Gasteiger partial charge in [-0.15, -0.1) is 0 Å². The fourth-order valence-electron chi connectivity index (χ4n) is 4.72. The average Bonchev–Trinajstić information content (AvgIpc) is 3.06. The number of benzene rings is 1. The third-order valence-corrected chi connectivity index (χ3v) is 5.99. The number of aryl methyl sites for hydroxylation is 1. The minimum Gasteiger partial charge on any atom is -0.351 e. The van der Waals surface area contributed by atoms with Crippen LogP contribution in [-0.4, -0.2) is 22.3 Å². The molecular formula is C20H20N2O2. The quantitative estimate of drug-likeness (QED) is 0.925. The lowest BCUT2D eigenvalue weighted by Crippen LogP contribution is -2.38. The summed E-state index contributed by atoms with van der Waals surface area (Å²) in [5.74, 6) is 1.27. The molecule has 24 heavy (non-hydrogen) atoms. The highest BCUT2D eigenvalue weighted by molar-refractivity contribution is 5.97. The molecule has 4 nitrogen and oxygen atoms in total. The van der Waals surface area contributed by atoms with E-state index < -0.39 is 0 Å². The van der Waals surface area contributed by atoms with E-state index in [9.17, 15) is 9.59 Å². The SMILES string of the molecule is O=C1CCC(C(=O)NC2C3CCc4ccccc4C32)n2cccc21. The number of Topliss-reactive ketones (excluding diaryl/α,β-unsaturated/α-hetero) is 1. The molecule has 1 aromatic carbocycles. The van der Waals surface area contributed by atoms with Crippen LogP contribution >= 0.6 is 0 Å². The Labute approximate surface area is 140 Å². The molecule has 1 amide bonds. The summed E-state index contributed by atoms with van der Waals surface area (Å²) in [6.45, 7) is 0. The van der Waals surface area contributed by atoms with Crippen molar-refractivity contribution in [1.29, 1.82) is 0 Å². The topological polar surface area (TPSA) is 51.1 Å². The number of amides is 1. The van der Waals surface area contributed by atoms with Crippen molar-refractivity contribution in [3.8, 4) is 0 Å². The fourth-order valence-corrected chi connectivity index (χ4v) is 4.72. The summed E-state index contributed by atoms with van der Waals surface area (Å²) in [6, 6.07) is 12.3. The van der Waals surface area contributed by atoms with E-state index in [0.29, 0.717) is 30.4 Å². The molecule has 5 rings (SSSR count). The Morgan fingerprint density at radius 1 is 1.08 bits per heavy atom. The Morgan fingerprint density at radius 3 is 2.88 bits per heavy atom. The molecule has 1 aliphatic heterocycles. The van der Waals surface area contributed by atoms with Crippen molar-refractivity contribution < 1.29 is 9.59 Å². The van der Waals surface area contributed by atoms with Gasteiger partial charge >= 0.3 is 0 Å². The van der Waals surface area contributed by atoms with Gasteiger partial charge in [-0.1, -0.05) is 24.3 Å². The maximum absolute atomic E-state index is 12.8. The summed E-state index contributed by atoms with van der Waals surface area (Å²) in [5, 5.41) is 3.28. The van der Waals surface area contributed by atoms with Crippen molar-refractivity contribution in [1.82, 2.24) is 9.88 Å². The van der Waals surface area contributed by atoms with Crippen LogP contribution in [0, 0.1) is 5.92 Å². The van der Waals surface area contributed by atoms with Gasteiger partial charge in [0.15, 0.2) is 5.78 Å². The number of aromatic nitrogens is 1. The van der Waals surface area contributed by atoms with Gasteiger partial charge in [-0.2, -0.15) is 0 Å². The minimum atomic E-state index is -0.245. The molecule has 2 aliphatic carbocycles. The molecular weight excluding hydrogens is 300 g/mol. The van der Waals surface area contributed by atoms with Gasteiger partial charge in [0, 0.05) is 24.6 Å². The van der Waals surface area contributed by atoms with Gasteiger partial charge in [0.05, 0.1) is 5.69 Å². The Morgan fingerprint density at radius 2 is 1.96 bits per heavy atom. The number of carbonyl (C=O) groups is 2. The van der Waals surface area contributed by atoms with Gasteiger partial charge in [-0.25, -0.2) is 0 Å². The van der Waals surface area contributed by atoms with E-state index in [0.717, 1.165) is 12.8 Å². The van der Waals surface area contributed by atoms with Gasteiger partial charge in [-0.05, 0) is 48.4 Å². The van der Waals surface area contributed by atoms with Crippen LogP contribution < -0.4 is 5.32 Å². The number of rotatable bonds is 2. The number of carbonyl (C=O) groups excluding carboxylic acids is 2. The third kappa shape index (κ3) is 1.98. The molecule has 0 radical (unpaired) electrons. The van der Waals surface area contributed by atoms with Gasteiger partial charge in [-0.3, -0.25) is 9.59 Å². The number of hydrogen-bond acceptors (Lipinski definition) is 2. The van der Waals surface area contributed by atoms with E-state index in [-0.39, 0.29) is 23.8 Å². The summed E-state index contributed by atoms with van der Waals surface area (Å²) in [7, 11) is 0. The van der Waals surface area contributed by atoms with Crippen LogP contribution in [0.1, 0.15) is 52.8 Å². The molecule has 1 fully saturated rings. The van der Waals surface area contributed by atoms with Crippen molar-refractivity contribution in [2.45, 2.75) is 43.7 Å². The smallest absolute Gasteiger partial charge is 0.243 e. The van der Waals surface area contributed by atoms with Crippen LogP contribution in [0.2, 0.25) is 0 Å². The molecule has 2 heterocycles. The Hall–Kier alpha value is -2.36. The lowest BCUT2D eigenvalue weighted by molar-refractivity contribution is -0.124. The summed E-state index contributed by atoms with van der Waals surface area (Å²) >= 11 is 0. The Balaban J connectivity index is 1.35.